The number of halogens is 1. The fraction of sp³-hybridized carbons (Fsp3) is 0.392. The number of carbonyl (C=O) groups excluding carboxylic acids is 6. The minimum atomic E-state index is -1.06. The topological polar surface area (TPSA) is 207 Å². The van der Waals surface area contributed by atoms with Crippen LogP contribution < -0.4 is 10.6 Å². The van der Waals surface area contributed by atoms with E-state index in [1.807, 2.05) is 24.3 Å². The van der Waals surface area contributed by atoms with Gasteiger partial charge in [0.25, 0.3) is 11.8 Å². The molecule has 4 aromatic rings. The standard InChI is InChI=1S/C26H32N2O7.C25H31BrN2O5/c1-25(2,3)34-21(29)16-28(15-17-7-9-19(10-8-17)23(31)32)22(30)18-11-13-20(14-12-18)27-24(33)35-26(4,5)6;1-24(2,3)32-21(29)16-28(15-17-7-11-19(26)12-8-17)22(30)18-9-13-20(14-10-18)27-23(31)33-25(4,5)6/h7-14H,15-16H2,1-6H3,(H,27,33)(H,31,32);7-14H,15-16H2,1-6H3,(H,27,31). The molecule has 0 aliphatic carbocycles. The van der Waals surface area contributed by atoms with Crippen molar-refractivity contribution in [2.45, 2.75) is 119 Å². The summed E-state index contributed by atoms with van der Waals surface area (Å²) in [4.78, 5) is 89.2. The van der Waals surface area contributed by atoms with E-state index in [-0.39, 0.29) is 37.6 Å². The molecule has 4 aromatic carbocycles. The second-order valence-electron chi connectivity index (χ2n) is 19.5. The second-order valence-corrected chi connectivity index (χ2v) is 20.4. The lowest BCUT2D eigenvalue weighted by molar-refractivity contribution is -0.156. The van der Waals surface area contributed by atoms with Crippen LogP contribution in [0.3, 0.4) is 0 Å². The number of esters is 2. The average molecular weight is 1000 g/mol. The van der Waals surface area contributed by atoms with Crippen LogP contribution in [0.25, 0.3) is 0 Å². The Morgan fingerprint density at radius 1 is 0.456 bits per heavy atom. The van der Waals surface area contributed by atoms with Gasteiger partial charge in [0.05, 0.1) is 5.56 Å². The molecule has 0 unspecified atom stereocenters. The normalized spacial score (nSPS) is 11.4. The molecule has 0 fully saturated rings. The first kappa shape index (κ1) is 55.6. The van der Waals surface area contributed by atoms with E-state index in [9.17, 15) is 33.6 Å². The number of carboxylic acid groups (broad SMARTS) is 1. The molecule has 16 nitrogen and oxygen atoms in total. The number of amides is 4. The van der Waals surface area contributed by atoms with Crippen molar-refractivity contribution < 1.29 is 57.6 Å². The summed E-state index contributed by atoms with van der Waals surface area (Å²) in [7, 11) is 0. The number of aromatic carboxylic acids is 1. The van der Waals surface area contributed by atoms with Gasteiger partial charge in [0, 0.05) is 40.1 Å². The highest BCUT2D eigenvalue weighted by Gasteiger charge is 2.26. The van der Waals surface area contributed by atoms with Crippen LogP contribution in [0.5, 0.6) is 0 Å². The fourth-order valence-electron chi connectivity index (χ4n) is 5.84. The van der Waals surface area contributed by atoms with Gasteiger partial charge in [-0.2, -0.15) is 0 Å². The molecule has 4 rings (SSSR count). The van der Waals surface area contributed by atoms with E-state index in [1.165, 1.54) is 34.1 Å². The summed E-state index contributed by atoms with van der Waals surface area (Å²) in [5.74, 6) is -2.87. The predicted octanol–water partition coefficient (Wildman–Crippen LogP) is 10.5. The lowest BCUT2D eigenvalue weighted by Crippen LogP contribution is -2.38. The van der Waals surface area contributed by atoms with E-state index >= 15 is 0 Å². The van der Waals surface area contributed by atoms with Gasteiger partial charge in [-0.25, -0.2) is 14.4 Å². The van der Waals surface area contributed by atoms with Crippen LogP contribution in [0.1, 0.15) is 125 Å². The number of rotatable bonds is 13. The minimum Gasteiger partial charge on any atom is -0.478 e. The van der Waals surface area contributed by atoms with Gasteiger partial charge < -0.3 is 33.9 Å². The maximum Gasteiger partial charge on any atom is 0.412 e. The summed E-state index contributed by atoms with van der Waals surface area (Å²) in [6.07, 6.45) is -1.20. The Bertz CT molecular complexity index is 2380. The third-order valence-corrected chi connectivity index (χ3v) is 9.00. The van der Waals surface area contributed by atoms with Crippen molar-refractivity contribution in [1.82, 2.24) is 9.80 Å². The number of anilines is 2. The molecule has 0 spiro atoms. The number of hydrogen-bond acceptors (Lipinski definition) is 11. The molecule has 0 aliphatic rings. The van der Waals surface area contributed by atoms with Crippen LogP contribution in [0.2, 0.25) is 0 Å². The minimum absolute atomic E-state index is 0.0654. The molecule has 0 saturated heterocycles. The van der Waals surface area contributed by atoms with Gasteiger partial charge in [0.2, 0.25) is 0 Å². The molecule has 4 amide bonds. The van der Waals surface area contributed by atoms with Gasteiger partial charge >= 0.3 is 30.1 Å². The Labute approximate surface area is 406 Å². The number of benzene rings is 4. The molecule has 0 bridgehead atoms. The Hall–Kier alpha value is -6.75. The quantitative estimate of drug-likeness (QED) is 0.0845. The zero-order valence-corrected chi connectivity index (χ0v) is 42.4. The number of hydrogen-bond donors (Lipinski definition) is 3. The van der Waals surface area contributed by atoms with Gasteiger partial charge in [-0.1, -0.05) is 40.2 Å². The van der Waals surface area contributed by atoms with E-state index in [0.717, 1.165) is 10.0 Å². The zero-order chi connectivity index (χ0) is 51.2. The number of nitrogens with one attached hydrogen (secondary N) is 2. The van der Waals surface area contributed by atoms with Crippen molar-refractivity contribution in [3.05, 3.63) is 129 Å². The van der Waals surface area contributed by atoms with E-state index < -0.39 is 58.4 Å². The maximum atomic E-state index is 13.3. The predicted molar refractivity (Wildman–Crippen MR) is 261 cm³/mol. The highest BCUT2D eigenvalue weighted by Crippen LogP contribution is 2.20. The first-order chi connectivity index (χ1) is 31.3. The van der Waals surface area contributed by atoms with Crippen LogP contribution in [0, 0.1) is 0 Å². The number of carbonyl (C=O) groups is 7. The molecule has 0 heterocycles. The van der Waals surface area contributed by atoms with Crippen molar-refractivity contribution >= 4 is 69.2 Å². The van der Waals surface area contributed by atoms with E-state index in [0.29, 0.717) is 28.1 Å². The molecular formula is C51H63BrN4O12. The summed E-state index contributed by atoms with van der Waals surface area (Å²) >= 11 is 3.40. The molecule has 366 valence electrons. The van der Waals surface area contributed by atoms with Gasteiger partial charge in [-0.15, -0.1) is 0 Å². The van der Waals surface area contributed by atoms with Crippen molar-refractivity contribution in [1.29, 1.82) is 0 Å². The Balaban J connectivity index is 0.000000361. The van der Waals surface area contributed by atoms with E-state index in [1.54, 1.807) is 132 Å². The molecule has 68 heavy (non-hydrogen) atoms. The summed E-state index contributed by atoms with van der Waals surface area (Å²) in [6, 6.07) is 26.2. The Kier molecular flexibility index (Phi) is 19.5. The highest BCUT2D eigenvalue weighted by atomic mass is 79.9. The van der Waals surface area contributed by atoms with Crippen molar-refractivity contribution in [3.8, 4) is 0 Å². The van der Waals surface area contributed by atoms with E-state index in [2.05, 4.69) is 26.6 Å². The maximum absolute atomic E-state index is 13.3. The smallest absolute Gasteiger partial charge is 0.412 e. The van der Waals surface area contributed by atoms with Crippen LogP contribution in [0.15, 0.2) is 102 Å². The molecule has 0 aliphatic heterocycles. The van der Waals surface area contributed by atoms with Crippen LogP contribution >= 0.6 is 15.9 Å². The highest BCUT2D eigenvalue weighted by molar-refractivity contribution is 9.10. The van der Waals surface area contributed by atoms with Crippen LogP contribution in [-0.4, -0.2) is 92.3 Å². The zero-order valence-electron chi connectivity index (χ0n) is 40.8. The second kappa shape index (κ2) is 23.8. The molecule has 0 aromatic heterocycles. The third-order valence-electron chi connectivity index (χ3n) is 8.47. The first-order valence-electron chi connectivity index (χ1n) is 21.6. The number of carboxylic acids is 1. The Morgan fingerprint density at radius 3 is 1.04 bits per heavy atom. The summed E-state index contributed by atoms with van der Waals surface area (Å²) < 4.78 is 22.2. The first-order valence-corrected chi connectivity index (χ1v) is 22.4. The summed E-state index contributed by atoms with van der Waals surface area (Å²) in [6.45, 7) is 20.9. The van der Waals surface area contributed by atoms with Crippen molar-refractivity contribution in [3.63, 3.8) is 0 Å². The van der Waals surface area contributed by atoms with E-state index in [4.69, 9.17) is 24.1 Å². The van der Waals surface area contributed by atoms with Crippen molar-refractivity contribution in [2.24, 2.45) is 0 Å². The third kappa shape index (κ3) is 21.3. The lowest BCUT2D eigenvalue weighted by Gasteiger charge is -2.25. The lowest BCUT2D eigenvalue weighted by atomic mass is 10.1. The molecule has 0 atom stereocenters. The van der Waals surface area contributed by atoms with Gasteiger partial charge in [-0.3, -0.25) is 29.8 Å². The van der Waals surface area contributed by atoms with Gasteiger partial charge in [-0.05, 0) is 167 Å². The average Bonchev–Trinajstić information content (AvgIpc) is 3.19. The van der Waals surface area contributed by atoms with Crippen molar-refractivity contribution in [2.75, 3.05) is 23.7 Å². The largest absolute Gasteiger partial charge is 0.478 e. The molecular weight excluding hydrogens is 940 g/mol. The van der Waals surface area contributed by atoms with Crippen LogP contribution in [0.4, 0.5) is 21.0 Å². The molecule has 0 radical (unpaired) electrons. The number of nitrogens with zero attached hydrogens (tertiary/aromatic N) is 2. The van der Waals surface area contributed by atoms with Crippen LogP contribution in [-0.2, 0) is 41.6 Å². The summed E-state index contributed by atoms with van der Waals surface area (Å²) in [5, 5.41) is 14.3. The molecule has 3 N–H and O–H groups in total. The van der Waals surface area contributed by atoms with Gasteiger partial charge in [0.1, 0.15) is 35.5 Å². The molecule has 17 heteroatoms. The summed E-state index contributed by atoms with van der Waals surface area (Å²) in [5.41, 5.74) is 0.616. The van der Waals surface area contributed by atoms with Gasteiger partial charge in [0.15, 0.2) is 0 Å². The molecule has 0 saturated carbocycles. The number of ether oxygens (including phenoxy) is 4. The Morgan fingerprint density at radius 2 is 0.750 bits per heavy atom. The fourth-order valence-corrected chi connectivity index (χ4v) is 6.11. The monoisotopic (exact) mass is 1000 g/mol. The SMILES string of the molecule is CC(C)(C)OC(=O)CN(Cc1ccc(Br)cc1)C(=O)c1ccc(NC(=O)OC(C)(C)C)cc1.CC(C)(C)OC(=O)CN(Cc1ccc(C(=O)O)cc1)C(=O)c1ccc(NC(=O)OC(C)(C)C)cc1.